The third-order valence-corrected chi connectivity index (χ3v) is 3.46. The lowest BCUT2D eigenvalue weighted by Gasteiger charge is -2.12. The van der Waals surface area contributed by atoms with E-state index in [1.807, 2.05) is 0 Å². The highest BCUT2D eigenvalue weighted by molar-refractivity contribution is 9.10. The Bertz CT molecular complexity index is 673. The number of aromatic carboxylic acids is 1. The van der Waals surface area contributed by atoms with Crippen LogP contribution < -0.4 is 9.47 Å². The topological polar surface area (TPSA) is 55.8 Å². The molecule has 0 bridgehead atoms. The van der Waals surface area contributed by atoms with E-state index in [0.29, 0.717) is 21.5 Å². The molecule has 0 spiro atoms. The Morgan fingerprint density at radius 3 is 2.67 bits per heavy atom. The summed E-state index contributed by atoms with van der Waals surface area (Å²) in [4.78, 5) is 11.0. The van der Waals surface area contributed by atoms with E-state index in [2.05, 4.69) is 15.9 Å². The number of benzene rings is 2. The molecule has 0 aliphatic rings. The van der Waals surface area contributed by atoms with Crippen molar-refractivity contribution in [3.63, 3.8) is 0 Å². The summed E-state index contributed by atoms with van der Waals surface area (Å²) in [6.45, 7) is 0.0619. The second kappa shape index (κ2) is 6.58. The van der Waals surface area contributed by atoms with Crippen molar-refractivity contribution >= 4 is 21.9 Å². The van der Waals surface area contributed by atoms with Gasteiger partial charge in [0.1, 0.15) is 23.9 Å². The predicted molar refractivity (Wildman–Crippen MR) is 78.4 cm³/mol. The molecule has 0 aliphatic heterocycles. The Balaban J connectivity index is 2.24. The molecule has 0 unspecified atom stereocenters. The standard InChI is InChI=1S/C15H12BrFO4/c1-20-13-5-2-9(15(18)19)6-10(13)8-21-14-7-11(17)3-4-12(14)16/h2-7H,8H2,1H3,(H,18,19). The Hall–Kier alpha value is -2.08. The molecule has 0 saturated heterocycles. The van der Waals surface area contributed by atoms with Crippen LogP contribution >= 0.6 is 15.9 Å². The second-order valence-electron chi connectivity index (χ2n) is 4.20. The van der Waals surface area contributed by atoms with Crippen molar-refractivity contribution in [1.29, 1.82) is 0 Å². The summed E-state index contributed by atoms with van der Waals surface area (Å²) in [7, 11) is 1.48. The van der Waals surface area contributed by atoms with E-state index in [9.17, 15) is 9.18 Å². The molecule has 6 heteroatoms. The number of carboxylic acids is 1. The molecular weight excluding hydrogens is 343 g/mol. The van der Waals surface area contributed by atoms with E-state index < -0.39 is 11.8 Å². The first-order chi connectivity index (χ1) is 10.0. The van der Waals surface area contributed by atoms with E-state index >= 15 is 0 Å². The van der Waals surface area contributed by atoms with Crippen LogP contribution in [-0.2, 0) is 6.61 Å². The number of halogens is 2. The molecule has 0 aliphatic carbocycles. The lowest BCUT2D eigenvalue weighted by atomic mass is 10.1. The maximum Gasteiger partial charge on any atom is 0.335 e. The molecule has 0 aromatic heterocycles. The van der Waals surface area contributed by atoms with E-state index in [0.717, 1.165) is 0 Å². The predicted octanol–water partition coefficient (Wildman–Crippen LogP) is 3.87. The highest BCUT2D eigenvalue weighted by atomic mass is 79.9. The summed E-state index contributed by atoms with van der Waals surface area (Å²) in [5, 5.41) is 9.00. The molecule has 0 amide bonds. The van der Waals surface area contributed by atoms with Crippen LogP contribution in [0.25, 0.3) is 0 Å². The van der Waals surface area contributed by atoms with Gasteiger partial charge >= 0.3 is 5.97 Å². The van der Waals surface area contributed by atoms with Gasteiger partial charge in [0, 0.05) is 11.6 Å². The van der Waals surface area contributed by atoms with Crippen LogP contribution in [0.2, 0.25) is 0 Å². The first-order valence-corrected chi connectivity index (χ1v) is 6.78. The fourth-order valence-corrected chi connectivity index (χ4v) is 2.13. The summed E-state index contributed by atoms with van der Waals surface area (Å²) in [5.41, 5.74) is 0.696. The highest BCUT2D eigenvalue weighted by Crippen LogP contribution is 2.28. The molecule has 4 nitrogen and oxygen atoms in total. The molecule has 0 atom stereocenters. The maximum atomic E-state index is 13.2. The minimum atomic E-state index is -1.04. The van der Waals surface area contributed by atoms with Crippen molar-refractivity contribution in [1.82, 2.24) is 0 Å². The zero-order chi connectivity index (χ0) is 15.4. The van der Waals surface area contributed by atoms with Crippen molar-refractivity contribution in [3.05, 3.63) is 57.8 Å². The summed E-state index contributed by atoms with van der Waals surface area (Å²) < 4.78 is 24.5. The number of carbonyl (C=O) groups is 1. The van der Waals surface area contributed by atoms with Crippen LogP contribution in [0.5, 0.6) is 11.5 Å². The number of rotatable bonds is 5. The quantitative estimate of drug-likeness (QED) is 0.885. The van der Waals surface area contributed by atoms with E-state index in [1.165, 1.54) is 37.4 Å². The largest absolute Gasteiger partial charge is 0.496 e. The summed E-state index contributed by atoms with van der Waals surface area (Å²) in [6, 6.07) is 8.57. The number of hydrogen-bond donors (Lipinski definition) is 1. The van der Waals surface area contributed by atoms with Gasteiger partial charge in [0.2, 0.25) is 0 Å². The van der Waals surface area contributed by atoms with E-state index in [1.54, 1.807) is 6.07 Å². The van der Waals surface area contributed by atoms with Gasteiger partial charge in [0.25, 0.3) is 0 Å². The SMILES string of the molecule is COc1ccc(C(=O)O)cc1COc1cc(F)ccc1Br. The molecule has 1 N–H and O–H groups in total. The zero-order valence-corrected chi connectivity index (χ0v) is 12.7. The van der Waals surface area contributed by atoms with Crippen LogP contribution in [0.3, 0.4) is 0 Å². The monoisotopic (exact) mass is 354 g/mol. The van der Waals surface area contributed by atoms with Crippen molar-refractivity contribution in [2.24, 2.45) is 0 Å². The molecular formula is C15H12BrFO4. The Labute approximate surface area is 129 Å². The molecule has 0 fully saturated rings. The van der Waals surface area contributed by atoms with Gasteiger partial charge in [0.15, 0.2) is 0 Å². The van der Waals surface area contributed by atoms with Crippen LogP contribution in [-0.4, -0.2) is 18.2 Å². The first kappa shape index (κ1) is 15.3. The normalized spacial score (nSPS) is 10.2. The molecule has 2 aromatic rings. The van der Waals surface area contributed by atoms with Crippen molar-refractivity contribution < 1.29 is 23.8 Å². The van der Waals surface area contributed by atoms with Gasteiger partial charge in [-0.3, -0.25) is 0 Å². The first-order valence-electron chi connectivity index (χ1n) is 5.99. The smallest absolute Gasteiger partial charge is 0.335 e. The molecule has 110 valence electrons. The van der Waals surface area contributed by atoms with Gasteiger partial charge in [-0.1, -0.05) is 0 Å². The van der Waals surface area contributed by atoms with Gasteiger partial charge in [-0.15, -0.1) is 0 Å². The Kier molecular flexibility index (Phi) is 4.80. The van der Waals surface area contributed by atoms with Crippen molar-refractivity contribution in [2.75, 3.05) is 7.11 Å². The Morgan fingerprint density at radius 1 is 1.24 bits per heavy atom. The Morgan fingerprint density at radius 2 is 2.00 bits per heavy atom. The van der Waals surface area contributed by atoms with Crippen LogP contribution in [0.15, 0.2) is 40.9 Å². The minimum Gasteiger partial charge on any atom is -0.496 e. The fraction of sp³-hybridized carbons (Fsp3) is 0.133. The number of ether oxygens (including phenoxy) is 2. The van der Waals surface area contributed by atoms with Gasteiger partial charge in [0.05, 0.1) is 17.1 Å². The van der Waals surface area contributed by atoms with Crippen molar-refractivity contribution in [2.45, 2.75) is 6.61 Å². The molecule has 21 heavy (non-hydrogen) atoms. The number of carboxylic acid groups (broad SMARTS) is 1. The molecule has 0 saturated carbocycles. The highest BCUT2D eigenvalue weighted by Gasteiger charge is 2.11. The number of hydrogen-bond acceptors (Lipinski definition) is 3. The zero-order valence-electron chi connectivity index (χ0n) is 11.1. The second-order valence-corrected chi connectivity index (χ2v) is 5.05. The van der Waals surface area contributed by atoms with Gasteiger partial charge in [-0.05, 0) is 46.3 Å². The van der Waals surface area contributed by atoms with Crippen LogP contribution in [0.1, 0.15) is 15.9 Å². The molecule has 0 heterocycles. The van der Waals surface area contributed by atoms with E-state index in [-0.39, 0.29) is 12.2 Å². The van der Waals surface area contributed by atoms with Crippen molar-refractivity contribution in [3.8, 4) is 11.5 Å². The lowest BCUT2D eigenvalue weighted by Crippen LogP contribution is -2.03. The summed E-state index contributed by atoms with van der Waals surface area (Å²) >= 11 is 3.26. The lowest BCUT2D eigenvalue weighted by molar-refractivity contribution is 0.0696. The molecule has 2 rings (SSSR count). The van der Waals surface area contributed by atoms with Gasteiger partial charge < -0.3 is 14.6 Å². The average molecular weight is 355 g/mol. The average Bonchev–Trinajstić information content (AvgIpc) is 2.47. The van der Waals surface area contributed by atoms with Crippen LogP contribution in [0.4, 0.5) is 4.39 Å². The summed E-state index contributed by atoms with van der Waals surface area (Å²) in [6.07, 6.45) is 0. The third kappa shape index (κ3) is 3.72. The van der Waals surface area contributed by atoms with Gasteiger partial charge in [-0.25, -0.2) is 9.18 Å². The van der Waals surface area contributed by atoms with Crippen LogP contribution in [0, 0.1) is 5.82 Å². The van der Waals surface area contributed by atoms with E-state index in [4.69, 9.17) is 14.6 Å². The fourth-order valence-electron chi connectivity index (χ4n) is 1.77. The maximum absolute atomic E-state index is 13.2. The number of methoxy groups -OCH3 is 1. The molecule has 2 aromatic carbocycles. The van der Waals surface area contributed by atoms with Gasteiger partial charge in [-0.2, -0.15) is 0 Å². The minimum absolute atomic E-state index is 0.0619. The molecule has 0 radical (unpaired) electrons. The third-order valence-electron chi connectivity index (χ3n) is 2.80. The summed E-state index contributed by atoms with van der Waals surface area (Å²) in [5.74, 6) is -0.615.